The summed E-state index contributed by atoms with van der Waals surface area (Å²) in [5.41, 5.74) is 1.45. The lowest BCUT2D eigenvalue weighted by molar-refractivity contribution is -0.174. The lowest BCUT2D eigenvalue weighted by atomic mass is 9.59. The fourth-order valence-electron chi connectivity index (χ4n) is 9.97. The average Bonchev–Trinajstić information content (AvgIpc) is 3.79. The zero-order chi connectivity index (χ0) is 43.7. The Labute approximate surface area is 359 Å². The van der Waals surface area contributed by atoms with Crippen LogP contribution >= 0.6 is 11.6 Å². The number of carbonyl (C=O) groups excluding carboxylic acids is 2. The second-order valence-electron chi connectivity index (χ2n) is 16.7. The Morgan fingerprint density at radius 1 is 1.07 bits per heavy atom. The maximum Gasteiger partial charge on any atom is 0.471 e. The van der Waals surface area contributed by atoms with Crippen LogP contribution in [-0.4, -0.2) is 73.6 Å². The Morgan fingerprint density at radius 3 is 2.52 bits per heavy atom. The predicted octanol–water partition coefficient (Wildman–Crippen LogP) is 7.86. The van der Waals surface area contributed by atoms with E-state index in [1.165, 1.54) is 48.3 Å². The molecule has 17 heteroatoms. The number of sulfonamides is 1. The third kappa shape index (κ3) is 8.85. The second kappa shape index (κ2) is 17.6. The first-order chi connectivity index (χ1) is 29.0. The number of fused-ring (bicyclic) bond motifs is 3. The van der Waals surface area contributed by atoms with Gasteiger partial charge in [0.1, 0.15) is 23.6 Å². The summed E-state index contributed by atoms with van der Waals surface area (Å²) in [7, 11) is -1.19. The number of pyridine rings is 1. The number of rotatable bonds is 14. The Kier molecular flexibility index (Phi) is 12.8. The van der Waals surface area contributed by atoms with Crippen molar-refractivity contribution in [3.63, 3.8) is 0 Å². The van der Waals surface area contributed by atoms with Crippen molar-refractivity contribution in [2.24, 2.45) is 18.9 Å². The predicted molar refractivity (Wildman–Crippen MR) is 222 cm³/mol. The highest BCUT2D eigenvalue weighted by Crippen LogP contribution is 2.58. The van der Waals surface area contributed by atoms with Crippen molar-refractivity contribution in [1.29, 1.82) is 0 Å². The standard InChI is InChI=1S/C44H51ClF3N5O7S/c1-28(27-60-37-13-19-49-36-10-5-7-29(2)39(36)37)23-31-24-30-11-12-34(59-22-21-51-61(56,57)38-14-20-50-52(38)3)26-35(30)42(31)15-17-43(18-16-42,41(55)58-4)53(40(54)44(46,47)48)33-9-6-8-32(45)25-33/h6,8-9,11-14,19-20,25-26,28-29,31,51H,5,7,10,15-18,21-24,27H2,1-4H3/t28-,29-,31+,42?,43?/m1/s1. The Bertz CT molecular complexity index is 2370. The lowest BCUT2D eigenvalue weighted by Gasteiger charge is -2.51. The number of anilines is 1. The quantitative estimate of drug-likeness (QED) is 0.0990. The number of hydrogen-bond acceptors (Lipinski definition) is 9. The molecule has 0 radical (unpaired) electrons. The van der Waals surface area contributed by atoms with Gasteiger partial charge in [0.25, 0.3) is 10.0 Å². The van der Waals surface area contributed by atoms with Crippen molar-refractivity contribution in [2.45, 2.75) is 99.7 Å². The molecule has 3 atom stereocenters. The van der Waals surface area contributed by atoms with Gasteiger partial charge in [-0.05, 0) is 135 Å². The van der Waals surface area contributed by atoms with Gasteiger partial charge in [-0.15, -0.1) is 0 Å². The SMILES string of the molecule is COC(=O)C1(N(C(=O)C(F)(F)F)c2cccc(Cl)c2)CCC2(CC1)c1cc(OCCNS(=O)(=O)c3ccnn3C)ccc1C[C@@H]2C[C@@H](C)COc1ccnc2c1[C@H](C)CCC2. The second-order valence-corrected chi connectivity index (χ2v) is 18.8. The summed E-state index contributed by atoms with van der Waals surface area (Å²) >= 11 is 6.25. The third-order valence-electron chi connectivity index (χ3n) is 12.8. The number of amides is 1. The first kappa shape index (κ1) is 44.4. The van der Waals surface area contributed by atoms with Crippen LogP contribution in [0.4, 0.5) is 18.9 Å². The van der Waals surface area contributed by atoms with E-state index in [-0.39, 0.29) is 66.4 Å². The molecule has 2 aromatic heterocycles. The van der Waals surface area contributed by atoms with Crippen molar-refractivity contribution >= 4 is 39.2 Å². The van der Waals surface area contributed by atoms with Crippen LogP contribution in [0.3, 0.4) is 0 Å². The molecule has 3 aliphatic carbocycles. The zero-order valence-corrected chi connectivity index (χ0v) is 36.2. The highest BCUT2D eigenvalue weighted by molar-refractivity contribution is 7.89. The molecule has 1 saturated carbocycles. The summed E-state index contributed by atoms with van der Waals surface area (Å²) in [6.45, 7) is 4.74. The van der Waals surface area contributed by atoms with E-state index in [0.29, 0.717) is 36.0 Å². The zero-order valence-electron chi connectivity index (χ0n) is 34.6. The van der Waals surface area contributed by atoms with Gasteiger partial charge >= 0.3 is 18.1 Å². The van der Waals surface area contributed by atoms with Crippen LogP contribution in [0, 0.1) is 11.8 Å². The third-order valence-corrected chi connectivity index (χ3v) is 14.6. The number of alkyl halides is 3. The fraction of sp³-hybridized carbons (Fsp3) is 0.500. The molecule has 0 aliphatic heterocycles. The Morgan fingerprint density at radius 2 is 1.84 bits per heavy atom. The number of aryl methyl sites for hydroxylation is 2. The summed E-state index contributed by atoms with van der Waals surface area (Å²) in [6, 6.07) is 14.5. The minimum absolute atomic E-state index is 0.0115. The number of carbonyl (C=O) groups is 2. The number of aromatic nitrogens is 3. The molecule has 1 fully saturated rings. The van der Waals surface area contributed by atoms with Gasteiger partial charge in [0.15, 0.2) is 5.03 Å². The van der Waals surface area contributed by atoms with E-state index in [1.807, 2.05) is 24.3 Å². The van der Waals surface area contributed by atoms with Gasteiger partial charge in [-0.25, -0.2) is 17.9 Å². The molecule has 2 aromatic carbocycles. The molecule has 0 bridgehead atoms. The first-order valence-electron chi connectivity index (χ1n) is 20.6. The molecule has 0 unspecified atom stereocenters. The van der Waals surface area contributed by atoms with Gasteiger partial charge in [0, 0.05) is 41.8 Å². The largest absolute Gasteiger partial charge is 0.493 e. The van der Waals surface area contributed by atoms with Crippen molar-refractivity contribution in [3.05, 3.63) is 94.4 Å². The van der Waals surface area contributed by atoms with E-state index >= 15 is 0 Å². The molecule has 2 heterocycles. The van der Waals surface area contributed by atoms with Gasteiger partial charge in [-0.3, -0.25) is 19.4 Å². The number of nitrogens with one attached hydrogen (secondary N) is 1. The van der Waals surface area contributed by atoms with Crippen molar-refractivity contribution in [1.82, 2.24) is 19.5 Å². The van der Waals surface area contributed by atoms with Gasteiger partial charge in [0.2, 0.25) is 0 Å². The molecule has 3 aliphatic rings. The van der Waals surface area contributed by atoms with E-state index < -0.39 is 39.0 Å². The summed E-state index contributed by atoms with van der Waals surface area (Å²) in [6.07, 6.45) is 2.55. The first-order valence-corrected chi connectivity index (χ1v) is 22.4. The number of halogens is 4. The van der Waals surface area contributed by atoms with Gasteiger partial charge in [0.05, 0.1) is 19.9 Å². The van der Waals surface area contributed by atoms with E-state index in [2.05, 4.69) is 28.7 Å². The molecule has 328 valence electrons. The monoisotopic (exact) mass is 885 g/mol. The Balaban J connectivity index is 1.18. The van der Waals surface area contributed by atoms with Crippen molar-refractivity contribution in [2.75, 3.05) is 31.8 Å². The van der Waals surface area contributed by atoms with Crippen LogP contribution in [0.5, 0.6) is 11.5 Å². The Hall–Kier alpha value is -4.67. The minimum Gasteiger partial charge on any atom is -0.493 e. The molecule has 1 spiro atoms. The smallest absolute Gasteiger partial charge is 0.471 e. The van der Waals surface area contributed by atoms with Gasteiger partial charge in [-0.1, -0.05) is 37.6 Å². The maximum absolute atomic E-state index is 14.5. The number of ether oxygens (including phenoxy) is 3. The minimum atomic E-state index is -5.31. The lowest BCUT2D eigenvalue weighted by Crippen LogP contribution is -2.63. The number of hydrogen-bond donors (Lipinski definition) is 1. The van der Waals surface area contributed by atoms with Crippen LogP contribution in [0.15, 0.2) is 72.0 Å². The van der Waals surface area contributed by atoms with Crippen molar-refractivity contribution < 1.29 is 45.4 Å². The van der Waals surface area contributed by atoms with Crippen LogP contribution in [-0.2, 0) is 49.7 Å². The highest BCUT2D eigenvalue weighted by atomic mass is 35.5. The average molecular weight is 886 g/mol. The summed E-state index contributed by atoms with van der Waals surface area (Å²) < 4.78 is 90.7. The summed E-state index contributed by atoms with van der Waals surface area (Å²) in [5.74, 6) is -1.42. The highest BCUT2D eigenvalue weighted by Gasteiger charge is 2.60. The van der Waals surface area contributed by atoms with Gasteiger partial charge < -0.3 is 14.2 Å². The molecule has 1 amide bonds. The number of benzene rings is 2. The molecule has 7 rings (SSSR count). The van der Waals surface area contributed by atoms with Crippen LogP contribution < -0.4 is 19.1 Å². The van der Waals surface area contributed by atoms with Crippen LogP contribution in [0.25, 0.3) is 0 Å². The summed E-state index contributed by atoms with van der Waals surface area (Å²) in [4.78, 5) is 32.5. The van der Waals surface area contributed by atoms with Crippen LogP contribution in [0.1, 0.15) is 87.1 Å². The summed E-state index contributed by atoms with van der Waals surface area (Å²) in [5, 5.41) is 4.04. The molecule has 61 heavy (non-hydrogen) atoms. The number of esters is 1. The molecule has 0 saturated heterocycles. The normalized spacial score (nSPS) is 22.9. The molecule has 1 N–H and O–H groups in total. The fourth-order valence-corrected chi connectivity index (χ4v) is 11.3. The van der Waals surface area contributed by atoms with Crippen molar-refractivity contribution in [3.8, 4) is 11.5 Å². The molecule has 4 aromatic rings. The van der Waals surface area contributed by atoms with E-state index in [9.17, 15) is 31.2 Å². The topological polar surface area (TPSA) is 142 Å². The molecule has 12 nitrogen and oxygen atoms in total. The molecular weight excluding hydrogens is 835 g/mol. The van der Waals surface area contributed by atoms with E-state index in [1.54, 1.807) is 6.20 Å². The van der Waals surface area contributed by atoms with Gasteiger partial charge in [-0.2, -0.15) is 18.3 Å². The number of nitrogens with zero attached hydrogens (tertiary/aromatic N) is 4. The maximum atomic E-state index is 14.5. The van der Waals surface area contributed by atoms with Crippen LogP contribution in [0.2, 0.25) is 5.02 Å². The van der Waals surface area contributed by atoms with E-state index in [4.69, 9.17) is 25.8 Å². The molecular formula is C44H51ClF3N5O7S. The van der Waals surface area contributed by atoms with E-state index in [0.717, 1.165) is 54.5 Å². The number of methoxy groups -OCH3 is 1.